The predicted octanol–water partition coefficient (Wildman–Crippen LogP) is 5.31. The Bertz CT molecular complexity index is 1260. The van der Waals surface area contributed by atoms with Crippen molar-refractivity contribution in [3.05, 3.63) is 95.2 Å². The van der Waals surface area contributed by atoms with Gasteiger partial charge in [0.25, 0.3) is 0 Å². The van der Waals surface area contributed by atoms with Crippen molar-refractivity contribution in [2.45, 2.75) is 32.6 Å². The van der Waals surface area contributed by atoms with Crippen molar-refractivity contribution >= 4 is 11.6 Å². The van der Waals surface area contributed by atoms with E-state index in [-0.39, 0.29) is 24.8 Å². The van der Waals surface area contributed by atoms with Crippen LogP contribution in [-0.4, -0.2) is 31.1 Å². The van der Waals surface area contributed by atoms with Crippen molar-refractivity contribution in [2.75, 3.05) is 25.0 Å². The molecule has 2 heterocycles. The molecule has 0 bridgehead atoms. The van der Waals surface area contributed by atoms with Gasteiger partial charge < -0.3 is 24.2 Å². The van der Waals surface area contributed by atoms with Crippen LogP contribution in [0.5, 0.6) is 17.2 Å². The summed E-state index contributed by atoms with van der Waals surface area (Å²) >= 11 is 0. The molecular weight excluding hydrogens is 454 g/mol. The van der Waals surface area contributed by atoms with Gasteiger partial charge in [-0.3, -0.25) is 11.1 Å². The van der Waals surface area contributed by atoms with E-state index in [4.69, 9.17) is 25.4 Å². The normalized spacial score (nSPS) is 18.4. The number of hydrogen-bond donors (Lipinski definition) is 3. The topological polar surface area (TPSA) is 101 Å². The highest BCUT2D eigenvalue weighted by Crippen LogP contribution is 2.52. The van der Waals surface area contributed by atoms with Crippen LogP contribution >= 0.6 is 0 Å². The molecule has 0 saturated carbocycles. The van der Waals surface area contributed by atoms with Gasteiger partial charge in [0.05, 0.1) is 0 Å². The first-order chi connectivity index (χ1) is 17.4. The average molecular weight is 488 g/mol. The van der Waals surface area contributed by atoms with Crippen molar-refractivity contribution in [2.24, 2.45) is 5.73 Å². The molecule has 3 aromatic rings. The number of para-hydroxylation sites is 1. The van der Waals surface area contributed by atoms with Gasteiger partial charge in [0.1, 0.15) is 12.5 Å². The summed E-state index contributed by atoms with van der Waals surface area (Å²) in [6, 6.07) is 20.9. The van der Waals surface area contributed by atoms with E-state index in [0.717, 1.165) is 41.2 Å². The maximum atomic E-state index is 10.1. The number of nitrogens with two attached hydrogens (primary N) is 1. The molecule has 1 atom stereocenters. The summed E-state index contributed by atoms with van der Waals surface area (Å²) in [5.41, 5.74) is 10.3. The van der Waals surface area contributed by atoms with Gasteiger partial charge in [0, 0.05) is 28.9 Å². The van der Waals surface area contributed by atoms with Crippen LogP contribution in [0.1, 0.15) is 37.5 Å². The molecule has 0 aromatic heterocycles. The van der Waals surface area contributed by atoms with Crippen molar-refractivity contribution in [1.82, 2.24) is 0 Å². The van der Waals surface area contributed by atoms with Crippen LogP contribution in [0.2, 0.25) is 0 Å². The Balaban J connectivity index is 0.000000233. The quantitative estimate of drug-likeness (QED) is 0.256. The first-order valence-electron chi connectivity index (χ1n) is 12.0. The number of nitrogens with one attached hydrogen (secondary N) is 1. The predicted molar refractivity (Wildman–Crippen MR) is 142 cm³/mol. The third kappa shape index (κ3) is 4.75. The molecule has 2 aliphatic heterocycles. The fraction of sp³-hybridized carbons (Fsp3) is 0.276. The minimum atomic E-state index is -0.236. The summed E-state index contributed by atoms with van der Waals surface area (Å²) in [6.45, 7) is 7.69. The van der Waals surface area contributed by atoms with Crippen LogP contribution < -0.4 is 20.1 Å². The lowest BCUT2D eigenvalue weighted by atomic mass is 9.76. The van der Waals surface area contributed by atoms with E-state index >= 15 is 0 Å². The average Bonchev–Trinajstić information content (AvgIpc) is 3.46. The fourth-order valence-corrected chi connectivity index (χ4v) is 5.03. The largest absolute Gasteiger partial charge is 0.508 e. The second-order valence-electron chi connectivity index (χ2n) is 8.79. The third-order valence-corrected chi connectivity index (χ3v) is 6.60. The van der Waals surface area contributed by atoms with Crippen molar-refractivity contribution in [3.8, 4) is 17.2 Å². The molecular formula is C29H33N3O4. The minimum absolute atomic E-state index is 0.0493. The maximum Gasteiger partial charge on any atom is 0.231 e. The monoisotopic (exact) mass is 487 g/mol. The Labute approximate surface area is 212 Å². The number of aromatic hydroxyl groups is 1. The van der Waals surface area contributed by atoms with Crippen LogP contribution in [0.25, 0.3) is 0 Å². The number of phenols is 1. The molecule has 36 heavy (non-hydrogen) atoms. The van der Waals surface area contributed by atoms with Crippen LogP contribution in [-0.2, 0) is 16.6 Å². The Morgan fingerprint density at radius 1 is 1.14 bits per heavy atom. The van der Waals surface area contributed by atoms with Crippen molar-refractivity contribution in [3.63, 3.8) is 0 Å². The molecule has 7 heteroatoms. The molecule has 0 fully saturated rings. The summed E-state index contributed by atoms with van der Waals surface area (Å²) in [6.07, 6.45) is 2.97. The van der Waals surface area contributed by atoms with Crippen LogP contribution in [0.15, 0.2) is 78.5 Å². The lowest BCUT2D eigenvalue weighted by Gasteiger charge is -2.30. The third-order valence-electron chi connectivity index (χ3n) is 6.60. The minimum Gasteiger partial charge on any atom is -0.508 e. The Morgan fingerprint density at radius 3 is 2.61 bits per heavy atom. The molecule has 0 amide bonds. The highest BCUT2D eigenvalue weighted by Gasteiger charge is 2.43. The molecule has 188 valence electrons. The van der Waals surface area contributed by atoms with E-state index in [1.54, 1.807) is 18.2 Å². The van der Waals surface area contributed by atoms with Gasteiger partial charge in [-0.15, -0.1) is 0 Å². The zero-order valence-electron chi connectivity index (χ0n) is 21.0. The summed E-state index contributed by atoms with van der Waals surface area (Å²) in [5, 5.41) is 17.4. The summed E-state index contributed by atoms with van der Waals surface area (Å²) in [5.74, 6) is 2.07. The van der Waals surface area contributed by atoms with Crippen LogP contribution in [0.4, 0.5) is 5.69 Å². The Morgan fingerprint density at radius 2 is 1.92 bits per heavy atom. The molecule has 3 aromatic carbocycles. The number of nitrogens with zero attached hydrogens (tertiary/aromatic N) is 1. The van der Waals surface area contributed by atoms with E-state index in [9.17, 15) is 5.11 Å². The Kier molecular flexibility index (Phi) is 7.50. The van der Waals surface area contributed by atoms with Gasteiger partial charge in [-0.2, -0.15) is 0 Å². The molecule has 7 nitrogen and oxygen atoms in total. The zero-order valence-corrected chi connectivity index (χ0v) is 21.0. The van der Waals surface area contributed by atoms with Gasteiger partial charge in [-0.25, -0.2) is 0 Å². The fourth-order valence-electron chi connectivity index (χ4n) is 5.03. The van der Waals surface area contributed by atoms with E-state index in [2.05, 4.69) is 37.8 Å². The highest BCUT2D eigenvalue weighted by atomic mass is 16.7. The smallest absolute Gasteiger partial charge is 0.231 e. The second-order valence-corrected chi connectivity index (χ2v) is 8.79. The number of fused-ring (bicyclic) bond motifs is 2. The van der Waals surface area contributed by atoms with E-state index in [1.807, 2.05) is 42.5 Å². The summed E-state index contributed by atoms with van der Waals surface area (Å²) < 4.78 is 16.0. The Hall–Kier alpha value is -3.97. The lowest BCUT2D eigenvalue weighted by Crippen LogP contribution is -2.30. The van der Waals surface area contributed by atoms with Gasteiger partial charge in [0.2, 0.25) is 12.7 Å². The van der Waals surface area contributed by atoms with Crippen LogP contribution in [0.3, 0.4) is 0 Å². The number of rotatable bonds is 5. The molecule has 0 saturated heterocycles. The van der Waals surface area contributed by atoms with Gasteiger partial charge >= 0.3 is 0 Å². The zero-order chi connectivity index (χ0) is 25.7. The highest BCUT2D eigenvalue weighted by molar-refractivity contribution is 5.91. The maximum absolute atomic E-state index is 10.1. The van der Waals surface area contributed by atoms with Crippen molar-refractivity contribution in [1.29, 1.82) is 5.41 Å². The number of hydrogen-bond acceptors (Lipinski definition) is 7. The number of ether oxygens (including phenoxy) is 3. The van der Waals surface area contributed by atoms with Crippen molar-refractivity contribution < 1.29 is 19.3 Å². The van der Waals surface area contributed by atoms with E-state index in [0.29, 0.717) is 5.75 Å². The first-order valence-corrected chi connectivity index (χ1v) is 12.0. The number of allylic oxidation sites excluding steroid dienone is 2. The van der Waals surface area contributed by atoms with Gasteiger partial charge in [0.15, 0.2) is 11.5 Å². The second kappa shape index (κ2) is 10.7. The molecule has 0 aliphatic carbocycles. The molecule has 1 unspecified atom stereocenters. The summed E-state index contributed by atoms with van der Waals surface area (Å²) in [7, 11) is 0. The molecule has 0 radical (unpaired) electrons. The summed E-state index contributed by atoms with van der Waals surface area (Å²) in [4.78, 5) is 2.33. The molecule has 2 aliphatic rings. The number of benzene rings is 3. The molecule has 4 N–H and O–H groups in total. The number of likely N-dealkylation sites (N-methyl/N-ethyl adjacent to an activating group) is 1. The van der Waals surface area contributed by atoms with Gasteiger partial charge in [-0.05, 0) is 74.7 Å². The van der Waals surface area contributed by atoms with E-state index in [1.165, 1.54) is 11.4 Å². The first kappa shape index (κ1) is 25.1. The van der Waals surface area contributed by atoms with E-state index < -0.39 is 0 Å². The lowest BCUT2D eigenvalue weighted by molar-refractivity contribution is 0.173. The molecule has 0 spiro atoms. The standard InChI is InChI=1S/C21H23NO3.C8H10N2O/c1-4-19-21(3,12-14-7-6-8-18-20(14)25-13-24-18)16-11-15(23)9-10-17(16)22(19)5-2;9-6-11-8(10)7-4-2-1-3-5-7/h4,6-11,23H,5,12-13H2,1-3H3;1-5,10H,6,9H2/b19-4-;. The van der Waals surface area contributed by atoms with Gasteiger partial charge in [-0.1, -0.05) is 36.4 Å². The van der Waals surface area contributed by atoms with Crippen LogP contribution in [0, 0.1) is 5.41 Å². The molecule has 5 rings (SSSR count). The number of anilines is 1. The number of phenolic OH excluding ortho intramolecular Hbond substituents is 1. The SMILES string of the molecule is C/C=C1\N(CC)c2ccc(O)cc2C1(C)Cc1cccc2c1OCO2.N=C(OCN)c1ccccc1.